The Labute approximate surface area is 173 Å². The van der Waals surface area contributed by atoms with Crippen molar-refractivity contribution in [2.75, 3.05) is 11.5 Å². The Balaban J connectivity index is 2.17. The van der Waals surface area contributed by atoms with Gasteiger partial charge in [-0.1, -0.05) is 0 Å². The molecule has 0 aliphatic heterocycles. The van der Waals surface area contributed by atoms with Gasteiger partial charge in [0, 0.05) is 12.1 Å². The molecule has 0 bridgehead atoms. The number of benzene rings is 2. The van der Waals surface area contributed by atoms with Crippen molar-refractivity contribution in [3.8, 4) is 23.0 Å². The van der Waals surface area contributed by atoms with Crippen molar-refractivity contribution in [2.45, 2.75) is 35.9 Å². The molecule has 0 amide bonds. The number of nitrogens with two attached hydrogens (primary N) is 2. The van der Waals surface area contributed by atoms with Gasteiger partial charge in [-0.05, 0) is 24.3 Å². The summed E-state index contributed by atoms with van der Waals surface area (Å²) >= 11 is 0. The van der Waals surface area contributed by atoms with Crippen LogP contribution in [0.25, 0.3) is 0 Å². The Bertz CT molecular complexity index is 1050. The Morgan fingerprint density at radius 2 is 1.12 bits per heavy atom. The average Bonchev–Trinajstić information content (AvgIpc) is 2.66. The van der Waals surface area contributed by atoms with Gasteiger partial charge in [0.1, 0.15) is 23.0 Å². The van der Waals surface area contributed by atoms with Gasteiger partial charge in [-0.25, -0.2) is 0 Å². The van der Waals surface area contributed by atoms with Gasteiger partial charge in [0.05, 0.1) is 17.8 Å². The number of rotatable bonds is 4. The third-order valence-corrected chi connectivity index (χ3v) is 4.73. The van der Waals surface area contributed by atoms with Crippen LogP contribution in [-0.2, 0) is 0 Å². The monoisotopic (exact) mass is 474 g/mol. The smallest absolute Gasteiger partial charge is 0.391 e. The molecule has 1 fully saturated rings. The Hall–Kier alpha value is -3.32. The second-order valence-corrected chi connectivity index (χ2v) is 7.00. The van der Waals surface area contributed by atoms with Crippen LogP contribution in [0.15, 0.2) is 36.4 Å². The summed E-state index contributed by atoms with van der Waals surface area (Å²) in [4.78, 5) is 0. The summed E-state index contributed by atoms with van der Waals surface area (Å²) < 4.78 is 124. The van der Waals surface area contributed by atoms with Gasteiger partial charge in [-0.15, -0.1) is 0 Å². The summed E-state index contributed by atoms with van der Waals surface area (Å²) in [5.74, 6) is -33.1. The SMILES string of the molecule is Nc1ccc(OC2(F)CC(F)(F)C(F)(F)C(F)(F)C2(F)Oc2ccc(N)c(O)c2)cc1O. The Morgan fingerprint density at radius 3 is 1.56 bits per heavy atom. The highest BCUT2D eigenvalue weighted by atomic mass is 19.3. The molecule has 2 unspecified atom stereocenters. The summed E-state index contributed by atoms with van der Waals surface area (Å²) in [5, 5.41) is 19.0. The number of halogens is 8. The molecule has 1 aliphatic rings. The predicted octanol–water partition coefficient (Wildman–Crippen LogP) is 4.36. The lowest BCUT2D eigenvalue weighted by Crippen LogP contribution is -2.79. The molecule has 0 radical (unpaired) electrons. The minimum Gasteiger partial charge on any atom is -0.506 e. The van der Waals surface area contributed by atoms with Gasteiger partial charge in [-0.2, -0.15) is 35.1 Å². The molecule has 176 valence electrons. The molecule has 2 atom stereocenters. The maximum absolute atomic E-state index is 15.5. The first-order valence-corrected chi connectivity index (χ1v) is 8.54. The fraction of sp³-hybridized carbons (Fsp3) is 0.333. The highest BCUT2D eigenvalue weighted by Gasteiger charge is 2.93. The molecule has 0 aromatic heterocycles. The van der Waals surface area contributed by atoms with E-state index in [9.17, 15) is 36.6 Å². The van der Waals surface area contributed by atoms with Crippen LogP contribution in [0.4, 0.5) is 46.5 Å². The minimum atomic E-state index is -6.51. The number of alkyl halides is 8. The maximum Gasteiger partial charge on any atom is 0.391 e. The fourth-order valence-corrected chi connectivity index (χ4v) is 2.94. The van der Waals surface area contributed by atoms with E-state index in [1.165, 1.54) is 0 Å². The van der Waals surface area contributed by atoms with Crippen LogP contribution in [0.1, 0.15) is 6.42 Å². The number of anilines is 2. The number of aromatic hydroxyl groups is 2. The zero-order chi connectivity index (χ0) is 24.3. The van der Waals surface area contributed by atoms with Gasteiger partial charge in [0.15, 0.2) is 0 Å². The second kappa shape index (κ2) is 6.84. The van der Waals surface area contributed by atoms with Crippen molar-refractivity contribution in [1.29, 1.82) is 0 Å². The molecule has 14 heteroatoms. The van der Waals surface area contributed by atoms with Gasteiger partial charge >= 0.3 is 29.5 Å². The summed E-state index contributed by atoms with van der Waals surface area (Å²) in [6.07, 6.45) is -2.91. The van der Waals surface area contributed by atoms with Crippen molar-refractivity contribution < 1.29 is 54.8 Å². The summed E-state index contributed by atoms with van der Waals surface area (Å²) in [7, 11) is 0. The quantitative estimate of drug-likeness (QED) is 0.298. The first-order valence-electron chi connectivity index (χ1n) is 8.54. The number of phenols is 2. The first-order chi connectivity index (χ1) is 14.5. The van der Waals surface area contributed by atoms with Crippen LogP contribution in [0.2, 0.25) is 0 Å². The molecule has 0 saturated heterocycles. The fourth-order valence-electron chi connectivity index (χ4n) is 2.94. The lowest BCUT2D eigenvalue weighted by molar-refractivity contribution is -0.460. The molecular formula is C18H14F8N2O4. The van der Waals surface area contributed by atoms with E-state index in [-0.39, 0.29) is 11.4 Å². The van der Waals surface area contributed by atoms with E-state index in [0.717, 1.165) is 12.1 Å². The molecule has 0 heterocycles. The molecule has 3 rings (SSSR count). The van der Waals surface area contributed by atoms with Crippen LogP contribution in [0.3, 0.4) is 0 Å². The average molecular weight is 474 g/mol. The van der Waals surface area contributed by atoms with Crippen LogP contribution in [0.5, 0.6) is 23.0 Å². The van der Waals surface area contributed by atoms with E-state index in [2.05, 4.69) is 9.47 Å². The minimum absolute atomic E-state index is 0.337. The number of hydrogen-bond donors (Lipinski definition) is 4. The van der Waals surface area contributed by atoms with Gasteiger partial charge < -0.3 is 31.2 Å². The van der Waals surface area contributed by atoms with E-state index in [1.807, 2.05) is 0 Å². The molecule has 1 saturated carbocycles. The van der Waals surface area contributed by atoms with Gasteiger partial charge in [0.25, 0.3) is 0 Å². The molecule has 6 N–H and O–H groups in total. The highest BCUT2D eigenvalue weighted by molar-refractivity contribution is 5.55. The maximum atomic E-state index is 15.5. The van der Waals surface area contributed by atoms with E-state index >= 15 is 8.78 Å². The van der Waals surface area contributed by atoms with Gasteiger partial charge in [-0.3, -0.25) is 0 Å². The first kappa shape index (κ1) is 23.3. The van der Waals surface area contributed by atoms with Crippen LogP contribution >= 0.6 is 0 Å². The van der Waals surface area contributed by atoms with E-state index in [4.69, 9.17) is 11.5 Å². The van der Waals surface area contributed by atoms with E-state index in [1.54, 1.807) is 0 Å². The Kier molecular flexibility index (Phi) is 4.99. The van der Waals surface area contributed by atoms with Crippen LogP contribution in [0, 0.1) is 0 Å². The van der Waals surface area contributed by atoms with Crippen molar-refractivity contribution in [3.63, 3.8) is 0 Å². The Morgan fingerprint density at radius 1 is 0.688 bits per heavy atom. The summed E-state index contributed by atoms with van der Waals surface area (Å²) in [5.41, 5.74) is 9.84. The molecule has 0 spiro atoms. The standard InChI is InChI=1S/C18H14F8N2O4/c19-14(20)7-15(21,31-8-1-3-10(27)12(29)5-8)18(26,17(24,25)16(14,22)23)32-9-2-4-11(28)13(30)6-9/h1-6,29-30H,7,27-28H2. The molecule has 2 aromatic carbocycles. The molecule has 1 aliphatic carbocycles. The van der Waals surface area contributed by atoms with Crippen LogP contribution < -0.4 is 20.9 Å². The predicted molar refractivity (Wildman–Crippen MR) is 93.4 cm³/mol. The van der Waals surface area contributed by atoms with Gasteiger partial charge in [0.2, 0.25) is 0 Å². The lowest BCUT2D eigenvalue weighted by Gasteiger charge is -2.50. The number of nitrogen functional groups attached to an aromatic ring is 2. The van der Waals surface area contributed by atoms with Crippen molar-refractivity contribution in [3.05, 3.63) is 36.4 Å². The number of hydrogen-bond acceptors (Lipinski definition) is 6. The van der Waals surface area contributed by atoms with Crippen molar-refractivity contribution in [1.82, 2.24) is 0 Å². The summed E-state index contributed by atoms with van der Waals surface area (Å²) in [6.45, 7) is 0. The van der Waals surface area contributed by atoms with E-state index < -0.39 is 58.9 Å². The highest BCUT2D eigenvalue weighted by Crippen LogP contribution is 2.64. The normalized spacial score (nSPS) is 28.1. The third-order valence-electron chi connectivity index (χ3n) is 4.73. The molecule has 32 heavy (non-hydrogen) atoms. The molecule has 6 nitrogen and oxygen atoms in total. The lowest BCUT2D eigenvalue weighted by atomic mass is 9.80. The molecular weight excluding hydrogens is 460 g/mol. The largest absolute Gasteiger partial charge is 0.506 e. The topological polar surface area (TPSA) is 111 Å². The second-order valence-electron chi connectivity index (χ2n) is 7.00. The van der Waals surface area contributed by atoms with E-state index in [0.29, 0.717) is 24.3 Å². The van der Waals surface area contributed by atoms with Crippen LogP contribution in [-0.4, -0.2) is 39.7 Å². The van der Waals surface area contributed by atoms with Crippen molar-refractivity contribution >= 4 is 11.4 Å². The molecule has 2 aromatic rings. The third kappa shape index (κ3) is 3.15. The number of phenolic OH excluding ortho intramolecular Hbond substituents is 2. The zero-order valence-corrected chi connectivity index (χ0v) is 15.6. The summed E-state index contributed by atoms with van der Waals surface area (Å²) in [6, 6.07) is 3.67. The number of ether oxygens (including phenoxy) is 2. The zero-order valence-electron chi connectivity index (χ0n) is 15.6. The van der Waals surface area contributed by atoms with Crippen molar-refractivity contribution in [2.24, 2.45) is 0 Å².